The van der Waals surface area contributed by atoms with Crippen LogP contribution in [0.1, 0.15) is 25.9 Å². The molecule has 0 N–H and O–H groups in total. The van der Waals surface area contributed by atoms with E-state index in [0.717, 1.165) is 5.01 Å². The van der Waals surface area contributed by atoms with E-state index in [1.165, 1.54) is 35.3 Å². The highest BCUT2D eigenvalue weighted by molar-refractivity contribution is 7.09. The molecule has 2 rings (SSSR count). The van der Waals surface area contributed by atoms with E-state index in [0.29, 0.717) is 6.54 Å². The second-order valence-electron chi connectivity index (χ2n) is 3.99. The molecular weight excluding hydrogens is 359 g/mol. The molecule has 112 valence electrons. The van der Waals surface area contributed by atoms with Crippen LogP contribution in [0.3, 0.4) is 0 Å². The van der Waals surface area contributed by atoms with Gasteiger partial charge >= 0.3 is 5.97 Å². The second kappa shape index (κ2) is 6.36. The van der Waals surface area contributed by atoms with Gasteiger partial charge in [0.05, 0.1) is 13.7 Å². The van der Waals surface area contributed by atoms with Crippen molar-refractivity contribution in [3.63, 3.8) is 0 Å². The zero-order chi connectivity index (χ0) is 15.6. The smallest absolute Gasteiger partial charge is 0.354 e. The highest BCUT2D eigenvalue weighted by Crippen LogP contribution is 2.31. The molecule has 0 atom stereocenters. The first-order valence-corrected chi connectivity index (χ1v) is 7.62. The van der Waals surface area contributed by atoms with Crippen LogP contribution in [0.4, 0.5) is 0 Å². The standard InChI is InChI=1S/C12H9Cl3N2O3S/c1-20-11(19)8-4-7(10(18)12(13,14)15)5-17(8)6-9-16-2-3-21-9/h2-5H,6H2,1H3. The summed E-state index contributed by atoms with van der Waals surface area (Å²) in [7, 11) is 1.25. The van der Waals surface area contributed by atoms with Gasteiger partial charge < -0.3 is 9.30 Å². The number of thiazole rings is 1. The minimum Gasteiger partial charge on any atom is -0.464 e. The number of halogens is 3. The average molecular weight is 368 g/mol. The van der Waals surface area contributed by atoms with Gasteiger partial charge in [-0.05, 0) is 6.07 Å². The number of alkyl halides is 3. The summed E-state index contributed by atoms with van der Waals surface area (Å²) in [5.41, 5.74) is 0.303. The van der Waals surface area contributed by atoms with Crippen molar-refractivity contribution in [2.45, 2.75) is 10.3 Å². The summed E-state index contributed by atoms with van der Waals surface area (Å²) in [6, 6.07) is 1.34. The summed E-state index contributed by atoms with van der Waals surface area (Å²) in [4.78, 5) is 27.9. The molecule has 0 fully saturated rings. The number of Topliss-reactive ketones (excluding diaryl/α,β-unsaturated/α-hetero) is 1. The molecule has 0 radical (unpaired) electrons. The highest BCUT2D eigenvalue weighted by Gasteiger charge is 2.33. The largest absolute Gasteiger partial charge is 0.464 e. The number of methoxy groups -OCH3 is 1. The fraction of sp³-hybridized carbons (Fsp3) is 0.250. The monoisotopic (exact) mass is 366 g/mol. The predicted octanol–water partition coefficient (Wildman–Crippen LogP) is 3.33. The molecule has 9 heteroatoms. The maximum Gasteiger partial charge on any atom is 0.354 e. The van der Waals surface area contributed by atoms with Crippen molar-refractivity contribution in [3.8, 4) is 0 Å². The third-order valence-electron chi connectivity index (χ3n) is 2.60. The molecule has 0 bridgehead atoms. The van der Waals surface area contributed by atoms with Crippen molar-refractivity contribution in [2.75, 3.05) is 7.11 Å². The van der Waals surface area contributed by atoms with Crippen LogP contribution in [0.25, 0.3) is 0 Å². The van der Waals surface area contributed by atoms with Crippen molar-refractivity contribution >= 4 is 57.9 Å². The van der Waals surface area contributed by atoms with Crippen LogP contribution in [0, 0.1) is 0 Å². The minimum atomic E-state index is -2.08. The molecule has 0 spiro atoms. The molecule has 21 heavy (non-hydrogen) atoms. The van der Waals surface area contributed by atoms with E-state index in [1.807, 2.05) is 5.38 Å². The fourth-order valence-corrected chi connectivity index (χ4v) is 2.62. The van der Waals surface area contributed by atoms with Crippen LogP contribution in [0.15, 0.2) is 23.8 Å². The number of ether oxygens (including phenoxy) is 1. The van der Waals surface area contributed by atoms with Crippen LogP contribution in [-0.2, 0) is 11.3 Å². The van der Waals surface area contributed by atoms with Gasteiger partial charge in [-0.15, -0.1) is 11.3 Å². The molecule has 2 heterocycles. The number of hydrogen-bond donors (Lipinski definition) is 0. The molecule has 0 aliphatic rings. The normalized spacial score (nSPS) is 11.4. The fourth-order valence-electron chi connectivity index (χ4n) is 1.68. The molecule has 2 aromatic rings. The number of carbonyl (C=O) groups is 2. The first kappa shape index (κ1) is 16.3. The molecule has 0 saturated heterocycles. The Kier molecular flexibility index (Phi) is 4.93. The Balaban J connectivity index is 2.40. The lowest BCUT2D eigenvalue weighted by atomic mass is 10.2. The zero-order valence-electron chi connectivity index (χ0n) is 10.7. The SMILES string of the molecule is COC(=O)c1cc(C(=O)C(Cl)(Cl)Cl)cn1Cc1nccs1. The number of aromatic nitrogens is 2. The van der Waals surface area contributed by atoms with E-state index in [2.05, 4.69) is 9.72 Å². The molecule has 0 saturated carbocycles. The number of carbonyl (C=O) groups excluding carboxylic acids is 2. The topological polar surface area (TPSA) is 61.2 Å². The van der Waals surface area contributed by atoms with Crippen LogP contribution < -0.4 is 0 Å². The van der Waals surface area contributed by atoms with E-state index in [1.54, 1.807) is 6.20 Å². The summed E-state index contributed by atoms with van der Waals surface area (Å²) in [5.74, 6) is -1.30. The van der Waals surface area contributed by atoms with Crippen molar-refractivity contribution in [1.82, 2.24) is 9.55 Å². The third-order valence-corrected chi connectivity index (χ3v) is 3.88. The van der Waals surface area contributed by atoms with Gasteiger partial charge in [0, 0.05) is 23.3 Å². The second-order valence-corrected chi connectivity index (χ2v) is 7.25. The number of esters is 1. The van der Waals surface area contributed by atoms with E-state index >= 15 is 0 Å². The Morgan fingerprint density at radius 1 is 1.43 bits per heavy atom. The maximum absolute atomic E-state index is 12.0. The first-order valence-electron chi connectivity index (χ1n) is 5.61. The lowest BCUT2D eigenvalue weighted by molar-refractivity contribution is 0.0589. The Morgan fingerprint density at radius 3 is 2.67 bits per heavy atom. The average Bonchev–Trinajstić information content (AvgIpc) is 3.06. The van der Waals surface area contributed by atoms with E-state index in [9.17, 15) is 9.59 Å². The lowest BCUT2D eigenvalue weighted by Gasteiger charge is -2.06. The Morgan fingerprint density at radius 2 is 2.14 bits per heavy atom. The van der Waals surface area contributed by atoms with Crippen molar-refractivity contribution < 1.29 is 14.3 Å². The van der Waals surface area contributed by atoms with Crippen molar-refractivity contribution in [3.05, 3.63) is 40.1 Å². The van der Waals surface area contributed by atoms with Crippen molar-refractivity contribution in [1.29, 1.82) is 0 Å². The summed E-state index contributed by atoms with van der Waals surface area (Å²) in [6.07, 6.45) is 3.09. The van der Waals surface area contributed by atoms with Crippen LogP contribution in [-0.4, -0.2) is 32.2 Å². The molecule has 0 aliphatic heterocycles. The molecule has 0 unspecified atom stereocenters. The van der Waals surface area contributed by atoms with Gasteiger partial charge in [0.25, 0.3) is 3.79 Å². The van der Waals surface area contributed by atoms with Gasteiger partial charge in [-0.1, -0.05) is 34.8 Å². The van der Waals surface area contributed by atoms with Crippen LogP contribution in [0.5, 0.6) is 0 Å². The van der Waals surface area contributed by atoms with Gasteiger partial charge in [0.15, 0.2) is 0 Å². The zero-order valence-corrected chi connectivity index (χ0v) is 13.8. The van der Waals surface area contributed by atoms with Gasteiger partial charge in [0.1, 0.15) is 10.7 Å². The molecule has 0 aromatic carbocycles. The molecule has 0 amide bonds. The Bertz CT molecular complexity index is 662. The summed E-state index contributed by atoms with van der Waals surface area (Å²) in [6.45, 7) is 0.315. The van der Waals surface area contributed by atoms with Crippen LogP contribution >= 0.6 is 46.1 Å². The van der Waals surface area contributed by atoms with Crippen molar-refractivity contribution in [2.24, 2.45) is 0 Å². The molecule has 2 aromatic heterocycles. The van der Waals surface area contributed by atoms with Gasteiger partial charge in [0.2, 0.25) is 5.78 Å². The quantitative estimate of drug-likeness (QED) is 0.472. The van der Waals surface area contributed by atoms with E-state index in [-0.39, 0.29) is 11.3 Å². The predicted molar refractivity (Wildman–Crippen MR) is 81.6 cm³/mol. The Hall–Kier alpha value is -1.08. The van der Waals surface area contributed by atoms with Gasteiger partial charge in [-0.3, -0.25) is 4.79 Å². The van der Waals surface area contributed by atoms with E-state index < -0.39 is 15.5 Å². The maximum atomic E-state index is 12.0. The highest BCUT2D eigenvalue weighted by atomic mass is 35.6. The number of nitrogens with zero attached hydrogens (tertiary/aromatic N) is 2. The summed E-state index contributed by atoms with van der Waals surface area (Å²) in [5, 5.41) is 2.58. The third kappa shape index (κ3) is 3.77. The first-order chi connectivity index (χ1) is 9.82. The molecule has 0 aliphatic carbocycles. The molecule has 5 nitrogen and oxygen atoms in total. The summed E-state index contributed by atoms with van der Waals surface area (Å²) < 4.78 is 4.14. The molecular formula is C12H9Cl3N2O3S. The van der Waals surface area contributed by atoms with Gasteiger partial charge in [-0.25, -0.2) is 9.78 Å². The van der Waals surface area contributed by atoms with Crippen LogP contribution in [0.2, 0.25) is 0 Å². The Labute approximate surface area is 139 Å². The lowest BCUT2D eigenvalue weighted by Crippen LogP contribution is -2.18. The van der Waals surface area contributed by atoms with E-state index in [4.69, 9.17) is 34.8 Å². The summed E-state index contributed by atoms with van der Waals surface area (Å²) >= 11 is 18.2. The number of hydrogen-bond acceptors (Lipinski definition) is 5. The minimum absolute atomic E-state index is 0.118. The van der Waals surface area contributed by atoms with Gasteiger partial charge in [-0.2, -0.15) is 0 Å². The number of rotatable bonds is 4. The number of ketones is 1.